The van der Waals surface area contributed by atoms with Crippen LogP contribution in [0, 0.1) is 0 Å². The van der Waals surface area contributed by atoms with Crippen molar-refractivity contribution in [3.63, 3.8) is 0 Å². The summed E-state index contributed by atoms with van der Waals surface area (Å²) < 4.78 is 28.0. The molecule has 0 aliphatic carbocycles. The van der Waals surface area contributed by atoms with Crippen molar-refractivity contribution >= 4 is 44.9 Å². The lowest BCUT2D eigenvalue weighted by Crippen LogP contribution is -2.19. The van der Waals surface area contributed by atoms with Crippen molar-refractivity contribution < 1.29 is 8.76 Å². The largest absolute Gasteiger partial charge is 0.760 e. The van der Waals surface area contributed by atoms with E-state index in [9.17, 15) is 13.6 Å². The molecule has 1 aromatic carbocycles. The number of imidazole rings is 1. The van der Waals surface area contributed by atoms with Gasteiger partial charge >= 0.3 is 0 Å². The van der Waals surface area contributed by atoms with E-state index in [4.69, 9.17) is 16.6 Å². The fourth-order valence-corrected chi connectivity index (χ4v) is 4.72. The molecule has 9 nitrogen and oxygen atoms in total. The van der Waals surface area contributed by atoms with Crippen LogP contribution in [0.15, 0.2) is 59.9 Å². The van der Waals surface area contributed by atoms with Crippen LogP contribution in [-0.4, -0.2) is 39.4 Å². The minimum atomic E-state index is -2.36. The van der Waals surface area contributed by atoms with Crippen LogP contribution in [0.2, 0.25) is 5.02 Å². The Hall–Kier alpha value is -3.31. The predicted molar refractivity (Wildman–Crippen MR) is 136 cm³/mol. The summed E-state index contributed by atoms with van der Waals surface area (Å²) in [6.45, 7) is 2.28. The number of H-pyrrole nitrogens is 1. The highest BCUT2D eigenvalue weighted by Gasteiger charge is 2.19. The van der Waals surface area contributed by atoms with Crippen molar-refractivity contribution in [1.82, 2.24) is 28.8 Å². The number of nitrogens with zero attached hydrogens (tertiary/aromatic N) is 4. The third-order valence-corrected chi connectivity index (χ3v) is 6.85. The van der Waals surface area contributed by atoms with Crippen LogP contribution < -0.4 is 10.3 Å². The summed E-state index contributed by atoms with van der Waals surface area (Å²) in [6.07, 6.45) is 5.67. The van der Waals surface area contributed by atoms with Crippen molar-refractivity contribution in [1.29, 1.82) is 0 Å². The molecule has 4 aromatic heterocycles. The number of hydrogen-bond acceptors (Lipinski definition) is 5. The van der Waals surface area contributed by atoms with E-state index in [2.05, 4.69) is 21.6 Å². The Bertz CT molecular complexity index is 1620. The van der Waals surface area contributed by atoms with E-state index >= 15 is 0 Å². The minimum absolute atomic E-state index is 0.0763. The summed E-state index contributed by atoms with van der Waals surface area (Å²) in [5.41, 5.74) is 5.09. The normalized spacial score (nSPS) is 13.5. The molecule has 0 aliphatic rings. The van der Waals surface area contributed by atoms with Crippen LogP contribution in [0.4, 0.5) is 0 Å². The van der Waals surface area contributed by atoms with Gasteiger partial charge in [-0.1, -0.05) is 23.7 Å². The molecule has 0 saturated heterocycles. The van der Waals surface area contributed by atoms with Crippen LogP contribution in [0.25, 0.3) is 33.3 Å². The van der Waals surface area contributed by atoms with Gasteiger partial charge < -0.3 is 18.7 Å². The third kappa shape index (κ3) is 4.41. The van der Waals surface area contributed by atoms with Gasteiger partial charge in [0.2, 0.25) is 0 Å². The van der Waals surface area contributed by atoms with E-state index in [1.807, 2.05) is 41.0 Å². The average molecular weight is 510 g/mol. The highest BCUT2D eigenvalue weighted by atomic mass is 35.5. The molecule has 0 fully saturated rings. The number of aromatic nitrogens is 5. The van der Waals surface area contributed by atoms with Crippen molar-refractivity contribution in [3.05, 3.63) is 81.6 Å². The molecule has 0 spiro atoms. The molecule has 5 aromatic rings. The Morgan fingerprint density at radius 1 is 1.26 bits per heavy atom. The van der Waals surface area contributed by atoms with Crippen molar-refractivity contribution in [2.24, 2.45) is 7.05 Å². The summed E-state index contributed by atoms with van der Waals surface area (Å²) >= 11 is 3.71. The van der Waals surface area contributed by atoms with Crippen LogP contribution in [0.5, 0.6) is 0 Å². The Labute approximate surface area is 208 Å². The molecule has 5 rings (SSSR count). The molecule has 0 radical (unpaired) electrons. The molecule has 0 saturated carbocycles. The van der Waals surface area contributed by atoms with Gasteiger partial charge in [0.05, 0.1) is 18.1 Å². The minimum Gasteiger partial charge on any atom is -0.760 e. The molecule has 35 heavy (non-hydrogen) atoms. The van der Waals surface area contributed by atoms with E-state index in [1.165, 1.54) is 4.57 Å². The number of aromatic amines is 1. The zero-order chi connectivity index (χ0) is 24.7. The van der Waals surface area contributed by atoms with E-state index in [-0.39, 0.29) is 18.1 Å². The van der Waals surface area contributed by atoms with E-state index in [1.54, 1.807) is 25.8 Å². The Morgan fingerprint density at radius 2 is 2.03 bits per heavy atom. The van der Waals surface area contributed by atoms with Crippen molar-refractivity contribution in [2.45, 2.75) is 19.4 Å². The summed E-state index contributed by atoms with van der Waals surface area (Å²) in [6, 6.07) is 11.3. The number of fused-ring (bicyclic) bond motifs is 2. The second-order valence-electron chi connectivity index (χ2n) is 8.32. The van der Waals surface area contributed by atoms with Crippen molar-refractivity contribution in [3.8, 4) is 11.3 Å². The maximum Gasteiger partial charge on any atom is 0.274 e. The Morgan fingerprint density at radius 3 is 2.77 bits per heavy atom. The van der Waals surface area contributed by atoms with Gasteiger partial charge in [-0.25, -0.2) is 14.7 Å². The van der Waals surface area contributed by atoms with Gasteiger partial charge in [-0.2, -0.15) is 0 Å². The fourth-order valence-electron chi connectivity index (χ4n) is 4.33. The van der Waals surface area contributed by atoms with Crippen LogP contribution in [0.1, 0.15) is 24.1 Å². The number of pyridine rings is 2. The molecule has 2 atom stereocenters. The first-order valence-corrected chi connectivity index (χ1v) is 12.4. The summed E-state index contributed by atoms with van der Waals surface area (Å²) in [5.74, 6) is 0. The summed E-state index contributed by atoms with van der Waals surface area (Å²) in [7, 11) is 1.70. The number of halogens is 1. The van der Waals surface area contributed by atoms with Gasteiger partial charge in [0.25, 0.3) is 5.56 Å². The van der Waals surface area contributed by atoms with Gasteiger partial charge in [0.1, 0.15) is 11.0 Å². The average Bonchev–Trinajstić information content (AvgIpc) is 3.49. The molecule has 2 unspecified atom stereocenters. The Balaban J connectivity index is 1.70. The van der Waals surface area contributed by atoms with E-state index < -0.39 is 11.3 Å². The standard InChI is InChI=1S/C24H23ClN6O3S/c1-14(15-3-5-17(25)6-4-15)31-13-27-21-16(7-10-28-35(33)34)11-20(29-23(21)31)19-12-30(2)24(32)22-18(19)8-9-26-22/h3-6,8-9,11-14,26,28H,7,10H2,1-2H3,(H,33,34)/p-1. The van der Waals surface area contributed by atoms with Gasteiger partial charge in [0.15, 0.2) is 5.65 Å². The van der Waals surface area contributed by atoms with E-state index in [0.717, 1.165) is 22.1 Å². The second-order valence-corrected chi connectivity index (χ2v) is 9.52. The number of benzene rings is 1. The highest BCUT2D eigenvalue weighted by Crippen LogP contribution is 2.31. The number of rotatable bonds is 7. The highest BCUT2D eigenvalue weighted by molar-refractivity contribution is 7.77. The number of aryl methyl sites for hydroxylation is 1. The summed E-state index contributed by atoms with van der Waals surface area (Å²) in [4.78, 5) is 25.2. The molecule has 0 aliphatic heterocycles. The lowest BCUT2D eigenvalue weighted by molar-refractivity contribution is 0.523. The van der Waals surface area contributed by atoms with Gasteiger partial charge in [0, 0.05) is 53.2 Å². The molecular formula is C24H22ClN6O3S-. The third-order valence-electron chi connectivity index (χ3n) is 6.16. The predicted octanol–water partition coefficient (Wildman–Crippen LogP) is 3.47. The molecule has 11 heteroatoms. The van der Waals surface area contributed by atoms with Gasteiger partial charge in [-0.3, -0.25) is 9.00 Å². The number of nitrogens with one attached hydrogen (secondary N) is 2. The SMILES string of the molecule is CC(c1ccc(Cl)cc1)n1cnc2c(CCNS(=O)[O-])cc(-c3cn(C)c(=O)c4[nH]ccc34)nc21. The summed E-state index contributed by atoms with van der Waals surface area (Å²) in [5, 5.41) is 1.43. The first-order chi connectivity index (χ1) is 16.8. The lowest BCUT2D eigenvalue weighted by atomic mass is 10.0. The smallest absolute Gasteiger partial charge is 0.274 e. The zero-order valence-electron chi connectivity index (χ0n) is 19.0. The van der Waals surface area contributed by atoms with E-state index in [0.29, 0.717) is 33.8 Å². The quantitative estimate of drug-likeness (QED) is 0.325. The second kappa shape index (κ2) is 9.38. The molecule has 0 bridgehead atoms. The first-order valence-electron chi connectivity index (χ1n) is 10.9. The van der Waals surface area contributed by atoms with Gasteiger partial charge in [-0.15, -0.1) is 0 Å². The lowest BCUT2D eigenvalue weighted by Gasteiger charge is -2.16. The molecular weight excluding hydrogens is 488 g/mol. The zero-order valence-corrected chi connectivity index (χ0v) is 20.6. The maximum atomic E-state index is 12.6. The number of hydrogen-bond donors (Lipinski definition) is 2. The van der Waals surface area contributed by atoms with Gasteiger partial charge in [-0.05, 0) is 48.7 Å². The maximum absolute atomic E-state index is 12.6. The van der Waals surface area contributed by atoms with Crippen LogP contribution >= 0.6 is 11.6 Å². The molecule has 2 N–H and O–H groups in total. The molecule has 4 heterocycles. The monoisotopic (exact) mass is 509 g/mol. The molecule has 0 amide bonds. The van der Waals surface area contributed by atoms with Crippen LogP contribution in [0.3, 0.4) is 0 Å². The first kappa shape index (κ1) is 23.4. The molecule has 180 valence electrons. The van der Waals surface area contributed by atoms with Crippen LogP contribution in [-0.2, 0) is 24.7 Å². The topological polar surface area (TPSA) is 121 Å². The fraction of sp³-hybridized carbons (Fsp3) is 0.208. The Kier molecular flexibility index (Phi) is 6.28. The van der Waals surface area contributed by atoms with Crippen molar-refractivity contribution in [2.75, 3.05) is 6.54 Å².